The van der Waals surface area contributed by atoms with Crippen LogP contribution in [0.4, 0.5) is 10.5 Å². The van der Waals surface area contributed by atoms with E-state index in [2.05, 4.69) is 10.6 Å². The molecule has 1 atom stereocenters. The first-order valence-electron chi connectivity index (χ1n) is 5.87. The molecule has 0 aliphatic carbocycles. The average Bonchev–Trinajstić information content (AvgIpc) is 2.86. The number of rotatable bonds is 3. The summed E-state index contributed by atoms with van der Waals surface area (Å²) < 4.78 is 5.40. The van der Waals surface area contributed by atoms with Crippen molar-refractivity contribution in [2.24, 2.45) is 0 Å². The fourth-order valence-corrected chi connectivity index (χ4v) is 2.39. The molecule has 1 aromatic rings. The molecular weight excluding hydrogens is 311 g/mol. The molecule has 2 N–H and O–H groups in total. The van der Waals surface area contributed by atoms with E-state index in [1.165, 1.54) is 12.1 Å². The first-order valence-corrected chi connectivity index (χ1v) is 7.00. The van der Waals surface area contributed by atoms with Gasteiger partial charge in [0.1, 0.15) is 0 Å². The second-order valence-corrected chi connectivity index (χ2v) is 5.44. The molecule has 2 rings (SSSR count). The summed E-state index contributed by atoms with van der Waals surface area (Å²) in [6.45, 7) is 1.23. The third-order valence-corrected chi connectivity index (χ3v) is 3.81. The maximum absolute atomic E-state index is 11.7. The van der Waals surface area contributed by atoms with Gasteiger partial charge in [-0.05, 0) is 25.0 Å². The monoisotopic (exact) mass is 322 g/mol. The zero-order chi connectivity index (χ0) is 13.8. The van der Waals surface area contributed by atoms with Crippen molar-refractivity contribution < 1.29 is 9.53 Å². The van der Waals surface area contributed by atoms with Crippen LogP contribution in [0.15, 0.2) is 12.1 Å². The number of anilines is 1. The number of carbonyl (C=O) groups excluding carboxylic acids is 1. The number of carbonyl (C=O) groups is 1. The van der Waals surface area contributed by atoms with Crippen molar-refractivity contribution in [3.63, 3.8) is 0 Å². The lowest BCUT2D eigenvalue weighted by Gasteiger charge is -2.13. The lowest BCUT2D eigenvalue weighted by atomic mass is 10.2. The van der Waals surface area contributed by atoms with Gasteiger partial charge >= 0.3 is 6.03 Å². The summed E-state index contributed by atoms with van der Waals surface area (Å²) in [5, 5.41) is 6.36. The first kappa shape index (κ1) is 14.7. The maximum atomic E-state index is 11.7. The summed E-state index contributed by atoms with van der Waals surface area (Å²) in [4.78, 5) is 11.7. The number of halogens is 3. The summed E-state index contributed by atoms with van der Waals surface area (Å²) in [5.41, 5.74) is 0.418. The van der Waals surface area contributed by atoms with Gasteiger partial charge in [-0.3, -0.25) is 0 Å². The smallest absolute Gasteiger partial charge is 0.319 e. The van der Waals surface area contributed by atoms with E-state index in [-0.39, 0.29) is 12.1 Å². The lowest BCUT2D eigenvalue weighted by Crippen LogP contribution is -2.35. The second-order valence-electron chi connectivity index (χ2n) is 4.22. The van der Waals surface area contributed by atoms with E-state index < -0.39 is 0 Å². The molecule has 0 bridgehead atoms. The molecule has 4 nitrogen and oxygen atoms in total. The third kappa shape index (κ3) is 4.14. The lowest BCUT2D eigenvalue weighted by molar-refractivity contribution is 0.112. The Bertz CT molecular complexity index is 476. The summed E-state index contributed by atoms with van der Waals surface area (Å²) in [6, 6.07) is 2.65. The molecule has 104 valence electrons. The fraction of sp³-hybridized carbons (Fsp3) is 0.417. The molecule has 1 aliphatic heterocycles. The topological polar surface area (TPSA) is 50.4 Å². The van der Waals surface area contributed by atoms with Gasteiger partial charge in [-0.25, -0.2) is 4.79 Å². The van der Waals surface area contributed by atoms with E-state index in [4.69, 9.17) is 39.5 Å². The molecule has 1 heterocycles. The van der Waals surface area contributed by atoms with Crippen LogP contribution in [0.25, 0.3) is 0 Å². The maximum Gasteiger partial charge on any atom is 0.319 e. The largest absolute Gasteiger partial charge is 0.376 e. The van der Waals surface area contributed by atoms with Crippen molar-refractivity contribution >= 4 is 46.5 Å². The number of benzene rings is 1. The second kappa shape index (κ2) is 6.66. The van der Waals surface area contributed by atoms with E-state index in [0.717, 1.165) is 19.4 Å². The van der Waals surface area contributed by atoms with Gasteiger partial charge in [-0.2, -0.15) is 0 Å². The Hall–Kier alpha value is -0.680. The van der Waals surface area contributed by atoms with Gasteiger partial charge in [0.05, 0.1) is 26.9 Å². The molecule has 0 radical (unpaired) electrons. The van der Waals surface area contributed by atoms with Crippen molar-refractivity contribution in [2.45, 2.75) is 18.9 Å². The molecule has 7 heteroatoms. The Morgan fingerprint density at radius 3 is 2.68 bits per heavy atom. The van der Waals surface area contributed by atoms with E-state index >= 15 is 0 Å². The van der Waals surface area contributed by atoms with Crippen molar-refractivity contribution in [3.05, 3.63) is 27.2 Å². The number of ether oxygens (including phenoxy) is 1. The minimum atomic E-state index is -0.351. The van der Waals surface area contributed by atoms with Gasteiger partial charge < -0.3 is 15.4 Å². The van der Waals surface area contributed by atoms with Crippen LogP contribution in [0.1, 0.15) is 12.8 Å². The van der Waals surface area contributed by atoms with Crippen LogP contribution in [0, 0.1) is 0 Å². The summed E-state index contributed by atoms with van der Waals surface area (Å²) in [6.07, 6.45) is 2.09. The highest BCUT2D eigenvalue weighted by atomic mass is 35.5. The molecule has 0 aromatic heterocycles. The van der Waals surface area contributed by atoms with Gasteiger partial charge in [0, 0.05) is 13.2 Å². The Balaban J connectivity index is 1.89. The highest BCUT2D eigenvalue weighted by Gasteiger charge is 2.16. The average molecular weight is 324 g/mol. The zero-order valence-electron chi connectivity index (χ0n) is 10.0. The Morgan fingerprint density at radius 1 is 1.26 bits per heavy atom. The highest BCUT2D eigenvalue weighted by Crippen LogP contribution is 2.32. The zero-order valence-corrected chi connectivity index (χ0v) is 12.3. The SMILES string of the molecule is O=C(NCC1CCCO1)Nc1cc(Cl)c(Cl)cc1Cl. The van der Waals surface area contributed by atoms with E-state index in [0.29, 0.717) is 27.3 Å². The summed E-state index contributed by atoms with van der Waals surface area (Å²) in [7, 11) is 0. The standard InChI is InChI=1S/C12H13Cl3N2O2/c13-8-4-10(15)11(5-9(8)14)17-12(18)16-6-7-2-1-3-19-7/h4-5,7H,1-3,6H2,(H2,16,17,18). The number of amides is 2. The van der Waals surface area contributed by atoms with Crippen LogP contribution < -0.4 is 10.6 Å². The quantitative estimate of drug-likeness (QED) is 0.828. The predicted octanol–water partition coefficient (Wildman–Crippen LogP) is 3.95. The molecule has 19 heavy (non-hydrogen) atoms. The van der Waals surface area contributed by atoms with Gasteiger partial charge in [0.2, 0.25) is 0 Å². The van der Waals surface area contributed by atoms with Crippen molar-refractivity contribution in [2.75, 3.05) is 18.5 Å². The molecule has 2 amide bonds. The highest BCUT2D eigenvalue weighted by molar-refractivity contribution is 6.44. The molecule has 0 spiro atoms. The van der Waals surface area contributed by atoms with Crippen molar-refractivity contribution in [3.8, 4) is 0 Å². The van der Waals surface area contributed by atoms with Gasteiger partial charge in [-0.15, -0.1) is 0 Å². The number of hydrogen-bond donors (Lipinski definition) is 2. The Morgan fingerprint density at radius 2 is 2.00 bits per heavy atom. The van der Waals surface area contributed by atoms with Crippen LogP contribution in [0.3, 0.4) is 0 Å². The molecule has 1 aromatic carbocycles. The number of nitrogens with one attached hydrogen (secondary N) is 2. The molecule has 0 saturated carbocycles. The minimum Gasteiger partial charge on any atom is -0.376 e. The molecule has 1 saturated heterocycles. The Kier molecular flexibility index (Phi) is 5.16. The summed E-state index contributed by atoms with van der Waals surface area (Å²) >= 11 is 17.6. The van der Waals surface area contributed by atoms with E-state index in [9.17, 15) is 4.79 Å². The van der Waals surface area contributed by atoms with E-state index in [1.807, 2.05) is 0 Å². The molecular formula is C12H13Cl3N2O2. The normalized spacial score (nSPS) is 18.4. The molecule has 1 unspecified atom stereocenters. The number of hydrogen-bond acceptors (Lipinski definition) is 2. The third-order valence-electron chi connectivity index (χ3n) is 2.77. The van der Waals surface area contributed by atoms with Crippen LogP contribution >= 0.6 is 34.8 Å². The first-order chi connectivity index (χ1) is 9.06. The predicted molar refractivity (Wildman–Crippen MR) is 77.5 cm³/mol. The van der Waals surface area contributed by atoms with Gasteiger partial charge in [0.25, 0.3) is 0 Å². The minimum absolute atomic E-state index is 0.0926. The van der Waals surface area contributed by atoms with Crippen LogP contribution in [0.5, 0.6) is 0 Å². The summed E-state index contributed by atoms with van der Waals surface area (Å²) in [5.74, 6) is 0. The van der Waals surface area contributed by atoms with E-state index in [1.54, 1.807) is 0 Å². The van der Waals surface area contributed by atoms with Crippen molar-refractivity contribution in [1.29, 1.82) is 0 Å². The van der Waals surface area contributed by atoms with Crippen molar-refractivity contribution in [1.82, 2.24) is 5.32 Å². The number of urea groups is 1. The molecule has 1 fully saturated rings. The Labute approximate surface area is 126 Å². The van der Waals surface area contributed by atoms with Gasteiger partial charge in [-0.1, -0.05) is 34.8 Å². The fourth-order valence-electron chi connectivity index (χ4n) is 1.80. The van der Waals surface area contributed by atoms with Crippen LogP contribution in [-0.4, -0.2) is 25.3 Å². The molecule has 1 aliphatic rings. The van der Waals surface area contributed by atoms with Crippen LogP contribution in [0.2, 0.25) is 15.1 Å². The van der Waals surface area contributed by atoms with Gasteiger partial charge in [0.15, 0.2) is 0 Å². The van der Waals surface area contributed by atoms with Crippen LogP contribution in [-0.2, 0) is 4.74 Å².